The normalized spacial score (nSPS) is 13.1. The van der Waals surface area contributed by atoms with E-state index in [0.29, 0.717) is 11.3 Å². The van der Waals surface area contributed by atoms with E-state index in [9.17, 15) is 15.0 Å². The minimum absolute atomic E-state index is 0.0882. The van der Waals surface area contributed by atoms with Gasteiger partial charge in [0, 0.05) is 12.0 Å². The van der Waals surface area contributed by atoms with Crippen molar-refractivity contribution in [1.82, 2.24) is 0 Å². The van der Waals surface area contributed by atoms with Crippen molar-refractivity contribution >= 4 is 6.29 Å². The third-order valence-corrected chi connectivity index (χ3v) is 2.82. The molecule has 4 heteroatoms. The lowest BCUT2D eigenvalue weighted by atomic mass is 9.84. The number of aliphatic hydroxyl groups excluding tert-OH is 1. The maximum Gasteiger partial charge on any atom is 0.126 e. The molecule has 19 heavy (non-hydrogen) atoms. The SMILES string of the molecule is CC(O)COc1ccc(C(C)(C)C)c(O)c1CC=O. The minimum atomic E-state index is -0.603. The summed E-state index contributed by atoms with van der Waals surface area (Å²) in [5, 5.41) is 19.5. The zero-order valence-corrected chi connectivity index (χ0v) is 11.9. The number of benzene rings is 1. The average Bonchev–Trinajstić information content (AvgIpc) is 2.28. The quantitative estimate of drug-likeness (QED) is 0.802. The number of phenolic OH excluding ortho intramolecular Hbond substituents is 1. The first kappa shape index (κ1) is 15.5. The van der Waals surface area contributed by atoms with Crippen LogP contribution in [0.15, 0.2) is 12.1 Å². The topological polar surface area (TPSA) is 66.8 Å². The van der Waals surface area contributed by atoms with E-state index in [1.54, 1.807) is 19.1 Å². The monoisotopic (exact) mass is 266 g/mol. The molecule has 0 heterocycles. The predicted molar refractivity (Wildman–Crippen MR) is 73.8 cm³/mol. The number of hydrogen-bond acceptors (Lipinski definition) is 4. The van der Waals surface area contributed by atoms with Crippen LogP contribution in [0.3, 0.4) is 0 Å². The lowest BCUT2D eigenvalue weighted by Gasteiger charge is -2.23. The summed E-state index contributed by atoms with van der Waals surface area (Å²) in [5.74, 6) is 0.543. The van der Waals surface area contributed by atoms with Gasteiger partial charge in [-0.25, -0.2) is 0 Å². The molecule has 1 unspecified atom stereocenters. The summed E-state index contributed by atoms with van der Waals surface area (Å²) in [7, 11) is 0. The van der Waals surface area contributed by atoms with Crippen molar-refractivity contribution < 1.29 is 19.7 Å². The van der Waals surface area contributed by atoms with Crippen LogP contribution in [0.2, 0.25) is 0 Å². The largest absolute Gasteiger partial charge is 0.507 e. The fourth-order valence-electron chi connectivity index (χ4n) is 1.85. The van der Waals surface area contributed by atoms with Crippen LogP contribution >= 0.6 is 0 Å². The molecule has 1 rings (SSSR count). The van der Waals surface area contributed by atoms with Gasteiger partial charge in [-0.3, -0.25) is 0 Å². The van der Waals surface area contributed by atoms with Gasteiger partial charge in [0.05, 0.1) is 6.10 Å². The summed E-state index contributed by atoms with van der Waals surface area (Å²) in [6, 6.07) is 3.53. The highest BCUT2D eigenvalue weighted by molar-refractivity contribution is 5.63. The van der Waals surface area contributed by atoms with Gasteiger partial charge in [-0.1, -0.05) is 26.8 Å². The second kappa shape index (κ2) is 6.06. The lowest BCUT2D eigenvalue weighted by molar-refractivity contribution is -0.107. The maximum absolute atomic E-state index is 10.8. The van der Waals surface area contributed by atoms with Crippen molar-refractivity contribution in [3.63, 3.8) is 0 Å². The number of ether oxygens (including phenoxy) is 1. The van der Waals surface area contributed by atoms with Crippen LogP contribution in [-0.4, -0.2) is 29.2 Å². The minimum Gasteiger partial charge on any atom is -0.507 e. The number of aldehydes is 1. The molecule has 1 atom stereocenters. The Morgan fingerprint density at radius 2 is 2.00 bits per heavy atom. The average molecular weight is 266 g/mol. The number of aliphatic hydroxyl groups is 1. The van der Waals surface area contributed by atoms with E-state index in [1.807, 2.05) is 20.8 Å². The highest BCUT2D eigenvalue weighted by Gasteiger charge is 2.22. The van der Waals surface area contributed by atoms with Gasteiger partial charge in [-0.15, -0.1) is 0 Å². The molecular weight excluding hydrogens is 244 g/mol. The van der Waals surface area contributed by atoms with E-state index in [0.717, 1.165) is 11.8 Å². The fourth-order valence-corrected chi connectivity index (χ4v) is 1.85. The molecule has 0 aromatic heterocycles. The number of aromatic hydroxyl groups is 1. The highest BCUT2D eigenvalue weighted by Crippen LogP contribution is 2.38. The summed E-state index contributed by atoms with van der Waals surface area (Å²) in [5.41, 5.74) is 1.03. The first-order chi connectivity index (χ1) is 8.77. The van der Waals surface area contributed by atoms with Gasteiger partial charge in [0.2, 0.25) is 0 Å². The van der Waals surface area contributed by atoms with Gasteiger partial charge in [-0.2, -0.15) is 0 Å². The summed E-state index contributed by atoms with van der Waals surface area (Å²) in [6.07, 6.45) is 0.218. The van der Waals surface area contributed by atoms with E-state index in [4.69, 9.17) is 4.74 Å². The van der Waals surface area contributed by atoms with Gasteiger partial charge in [-0.05, 0) is 24.0 Å². The summed E-state index contributed by atoms with van der Waals surface area (Å²) in [4.78, 5) is 10.8. The number of rotatable bonds is 5. The van der Waals surface area contributed by atoms with Crippen LogP contribution in [0.1, 0.15) is 38.8 Å². The fraction of sp³-hybridized carbons (Fsp3) is 0.533. The van der Waals surface area contributed by atoms with E-state index >= 15 is 0 Å². The van der Waals surface area contributed by atoms with E-state index in [-0.39, 0.29) is 24.2 Å². The van der Waals surface area contributed by atoms with E-state index in [2.05, 4.69) is 0 Å². The lowest BCUT2D eigenvalue weighted by Crippen LogP contribution is -2.16. The van der Waals surface area contributed by atoms with Gasteiger partial charge in [0.15, 0.2) is 0 Å². The molecule has 0 saturated carbocycles. The summed E-state index contributed by atoms with van der Waals surface area (Å²) in [6.45, 7) is 7.71. The van der Waals surface area contributed by atoms with Crippen LogP contribution in [0.25, 0.3) is 0 Å². The van der Waals surface area contributed by atoms with Crippen LogP contribution < -0.4 is 4.74 Å². The molecule has 0 aliphatic rings. The second-order valence-corrected chi connectivity index (χ2v) is 5.72. The molecule has 1 aromatic rings. The van der Waals surface area contributed by atoms with Crippen molar-refractivity contribution in [3.8, 4) is 11.5 Å². The number of carbonyl (C=O) groups is 1. The van der Waals surface area contributed by atoms with Gasteiger partial charge in [0.1, 0.15) is 24.4 Å². The summed E-state index contributed by atoms with van der Waals surface area (Å²) < 4.78 is 5.43. The van der Waals surface area contributed by atoms with Crippen LogP contribution in [0.4, 0.5) is 0 Å². The highest BCUT2D eigenvalue weighted by atomic mass is 16.5. The van der Waals surface area contributed by atoms with Gasteiger partial charge in [0.25, 0.3) is 0 Å². The number of phenols is 1. The zero-order chi connectivity index (χ0) is 14.6. The van der Waals surface area contributed by atoms with Crippen molar-refractivity contribution in [3.05, 3.63) is 23.3 Å². The molecule has 0 saturated heterocycles. The Morgan fingerprint density at radius 1 is 1.37 bits per heavy atom. The molecule has 0 fully saturated rings. The number of hydrogen-bond donors (Lipinski definition) is 2. The maximum atomic E-state index is 10.8. The van der Waals surface area contributed by atoms with Crippen LogP contribution in [-0.2, 0) is 16.6 Å². The second-order valence-electron chi connectivity index (χ2n) is 5.72. The van der Waals surface area contributed by atoms with Crippen molar-refractivity contribution in [2.75, 3.05) is 6.61 Å². The van der Waals surface area contributed by atoms with Gasteiger partial charge >= 0.3 is 0 Å². The van der Waals surface area contributed by atoms with Crippen molar-refractivity contribution in [1.29, 1.82) is 0 Å². The third kappa shape index (κ3) is 3.96. The Hall–Kier alpha value is -1.55. The third-order valence-electron chi connectivity index (χ3n) is 2.82. The first-order valence-electron chi connectivity index (χ1n) is 6.37. The molecule has 0 spiro atoms. The van der Waals surface area contributed by atoms with Crippen molar-refractivity contribution in [2.24, 2.45) is 0 Å². The Bertz CT molecular complexity index is 444. The Kier molecular flexibility index (Phi) is 4.95. The standard InChI is InChI=1S/C15H22O4/c1-10(17)9-19-13-6-5-12(15(2,3)4)14(18)11(13)7-8-16/h5-6,8,10,17-18H,7,9H2,1-4H3. The van der Waals surface area contributed by atoms with Crippen LogP contribution in [0.5, 0.6) is 11.5 Å². The van der Waals surface area contributed by atoms with Gasteiger partial charge < -0.3 is 19.7 Å². The molecule has 106 valence electrons. The zero-order valence-electron chi connectivity index (χ0n) is 11.9. The molecule has 1 aromatic carbocycles. The van der Waals surface area contributed by atoms with Crippen molar-refractivity contribution in [2.45, 2.75) is 45.6 Å². The molecular formula is C15H22O4. The number of carbonyl (C=O) groups excluding carboxylic acids is 1. The van der Waals surface area contributed by atoms with E-state index in [1.165, 1.54) is 0 Å². The summed E-state index contributed by atoms with van der Waals surface area (Å²) >= 11 is 0. The molecule has 0 bridgehead atoms. The van der Waals surface area contributed by atoms with E-state index < -0.39 is 6.10 Å². The van der Waals surface area contributed by atoms with Crippen LogP contribution in [0, 0.1) is 0 Å². The Morgan fingerprint density at radius 3 is 2.47 bits per heavy atom. The predicted octanol–water partition coefficient (Wildman–Crippen LogP) is 2.19. The smallest absolute Gasteiger partial charge is 0.126 e. The molecule has 0 aliphatic carbocycles. The molecule has 0 radical (unpaired) electrons. The molecule has 4 nitrogen and oxygen atoms in total. The Balaban J connectivity index is 3.19. The first-order valence-corrected chi connectivity index (χ1v) is 6.37. The molecule has 0 aliphatic heterocycles. The Labute approximate surface area is 114 Å². The molecule has 0 amide bonds. The molecule has 2 N–H and O–H groups in total.